The average molecular weight is 367 g/mol. The number of carbonyl (C=O) groups is 1. The standard InChI is InChI=1S/C17H19F2N3O4/c1-24-8-9-25-15-7-6-13(11-20-15)22-17(23)21-10-12-4-2-3-5-14(12)26-16(18)19/h2-7,11,16H,8-10H2,1H3,(H2,21,22,23). The number of hydrogen-bond acceptors (Lipinski definition) is 5. The van der Waals surface area contributed by atoms with Crippen molar-refractivity contribution in [1.82, 2.24) is 10.3 Å². The molecule has 0 radical (unpaired) electrons. The van der Waals surface area contributed by atoms with Gasteiger partial charge in [0.1, 0.15) is 12.4 Å². The van der Waals surface area contributed by atoms with E-state index in [-0.39, 0.29) is 12.3 Å². The summed E-state index contributed by atoms with van der Waals surface area (Å²) in [6.07, 6.45) is 1.44. The molecule has 1 heterocycles. The number of carbonyl (C=O) groups excluding carboxylic acids is 1. The number of para-hydroxylation sites is 1. The maximum Gasteiger partial charge on any atom is 0.387 e. The fourth-order valence-corrected chi connectivity index (χ4v) is 1.98. The number of hydrogen-bond donors (Lipinski definition) is 2. The number of rotatable bonds is 9. The third-order valence-electron chi connectivity index (χ3n) is 3.16. The van der Waals surface area contributed by atoms with E-state index in [1.807, 2.05) is 0 Å². The molecule has 2 aromatic rings. The van der Waals surface area contributed by atoms with E-state index in [9.17, 15) is 13.6 Å². The number of benzene rings is 1. The van der Waals surface area contributed by atoms with Gasteiger partial charge in [-0.15, -0.1) is 0 Å². The highest BCUT2D eigenvalue weighted by Gasteiger charge is 2.10. The molecule has 140 valence electrons. The molecule has 0 fully saturated rings. The van der Waals surface area contributed by atoms with Crippen molar-refractivity contribution < 1.29 is 27.8 Å². The van der Waals surface area contributed by atoms with Crippen LogP contribution in [-0.4, -0.2) is 38.0 Å². The number of methoxy groups -OCH3 is 1. The first kappa shape index (κ1) is 19.4. The lowest BCUT2D eigenvalue weighted by atomic mass is 10.2. The molecule has 26 heavy (non-hydrogen) atoms. The Balaban J connectivity index is 1.84. The lowest BCUT2D eigenvalue weighted by Gasteiger charge is -2.12. The molecule has 0 atom stereocenters. The van der Waals surface area contributed by atoms with Crippen LogP contribution in [0.2, 0.25) is 0 Å². The topological polar surface area (TPSA) is 81.7 Å². The first-order chi connectivity index (χ1) is 12.6. The Kier molecular flexibility index (Phi) is 7.56. The number of anilines is 1. The predicted molar refractivity (Wildman–Crippen MR) is 90.5 cm³/mol. The van der Waals surface area contributed by atoms with Gasteiger partial charge >= 0.3 is 12.6 Å². The summed E-state index contributed by atoms with van der Waals surface area (Å²) >= 11 is 0. The molecule has 2 amide bonds. The van der Waals surface area contributed by atoms with Crippen LogP contribution in [0, 0.1) is 0 Å². The van der Waals surface area contributed by atoms with Crippen LogP contribution in [-0.2, 0) is 11.3 Å². The van der Waals surface area contributed by atoms with E-state index >= 15 is 0 Å². The smallest absolute Gasteiger partial charge is 0.387 e. The molecule has 1 aromatic heterocycles. The van der Waals surface area contributed by atoms with Crippen LogP contribution in [0.25, 0.3) is 0 Å². The molecule has 0 spiro atoms. The molecule has 0 aliphatic carbocycles. The average Bonchev–Trinajstić information content (AvgIpc) is 2.62. The van der Waals surface area contributed by atoms with Crippen molar-refractivity contribution in [2.75, 3.05) is 25.6 Å². The molecule has 0 aliphatic rings. The van der Waals surface area contributed by atoms with Crippen LogP contribution in [0.1, 0.15) is 5.56 Å². The number of alkyl halides is 2. The summed E-state index contributed by atoms with van der Waals surface area (Å²) in [6.45, 7) is -2.08. The molecule has 7 nitrogen and oxygen atoms in total. The fraction of sp³-hybridized carbons (Fsp3) is 0.294. The van der Waals surface area contributed by atoms with Gasteiger partial charge in [0, 0.05) is 25.3 Å². The zero-order valence-corrected chi connectivity index (χ0v) is 14.1. The fourth-order valence-electron chi connectivity index (χ4n) is 1.98. The number of ether oxygens (including phenoxy) is 3. The lowest BCUT2D eigenvalue weighted by molar-refractivity contribution is -0.0504. The molecule has 0 unspecified atom stereocenters. The molecule has 0 bridgehead atoms. The monoisotopic (exact) mass is 367 g/mol. The SMILES string of the molecule is COCCOc1ccc(NC(=O)NCc2ccccc2OC(F)F)cn1. The number of nitrogens with zero attached hydrogens (tertiary/aromatic N) is 1. The Bertz CT molecular complexity index is 699. The summed E-state index contributed by atoms with van der Waals surface area (Å²) in [4.78, 5) is 16.0. The summed E-state index contributed by atoms with van der Waals surface area (Å²) in [5.74, 6) is 0.424. The molecule has 2 N–H and O–H groups in total. The van der Waals surface area contributed by atoms with E-state index in [4.69, 9.17) is 9.47 Å². The zero-order chi connectivity index (χ0) is 18.8. The molecular formula is C17H19F2N3O4. The minimum absolute atomic E-state index is 0.0158. The quantitative estimate of drug-likeness (QED) is 0.666. The van der Waals surface area contributed by atoms with Crippen molar-refractivity contribution in [1.29, 1.82) is 0 Å². The second kappa shape index (κ2) is 10.1. The summed E-state index contributed by atoms with van der Waals surface area (Å²) in [5, 5.41) is 5.15. The van der Waals surface area contributed by atoms with Crippen LogP contribution in [0.5, 0.6) is 11.6 Å². The molecule has 0 saturated carbocycles. The number of urea groups is 1. The van der Waals surface area contributed by atoms with Gasteiger partial charge in [-0.2, -0.15) is 8.78 Å². The normalized spacial score (nSPS) is 10.5. The van der Waals surface area contributed by atoms with Gasteiger partial charge in [0.25, 0.3) is 0 Å². The van der Waals surface area contributed by atoms with Crippen molar-refractivity contribution in [2.24, 2.45) is 0 Å². The molecule has 9 heteroatoms. The number of nitrogens with one attached hydrogen (secondary N) is 2. The van der Waals surface area contributed by atoms with Gasteiger partial charge in [-0.3, -0.25) is 0 Å². The Hall–Kier alpha value is -2.94. The zero-order valence-electron chi connectivity index (χ0n) is 14.1. The van der Waals surface area contributed by atoms with Crippen LogP contribution < -0.4 is 20.1 Å². The number of pyridine rings is 1. The Morgan fingerprint density at radius 3 is 2.69 bits per heavy atom. The first-order valence-electron chi connectivity index (χ1n) is 7.74. The van der Waals surface area contributed by atoms with Gasteiger partial charge in [-0.1, -0.05) is 18.2 Å². The highest BCUT2D eigenvalue weighted by atomic mass is 19.3. The van der Waals surface area contributed by atoms with Gasteiger partial charge < -0.3 is 24.8 Å². The Labute approximate surface area is 149 Å². The van der Waals surface area contributed by atoms with E-state index in [0.717, 1.165) is 0 Å². The largest absolute Gasteiger partial charge is 0.475 e. The minimum atomic E-state index is -2.93. The van der Waals surface area contributed by atoms with Crippen molar-refractivity contribution in [3.8, 4) is 11.6 Å². The summed E-state index contributed by atoms with van der Waals surface area (Å²) in [5.41, 5.74) is 0.890. The maximum atomic E-state index is 12.4. The summed E-state index contributed by atoms with van der Waals surface area (Å²) < 4.78 is 39.3. The highest BCUT2D eigenvalue weighted by Crippen LogP contribution is 2.20. The van der Waals surface area contributed by atoms with E-state index < -0.39 is 12.6 Å². The molecule has 0 aliphatic heterocycles. The third-order valence-corrected chi connectivity index (χ3v) is 3.16. The number of aromatic nitrogens is 1. The highest BCUT2D eigenvalue weighted by molar-refractivity contribution is 5.89. The first-order valence-corrected chi connectivity index (χ1v) is 7.74. The molecule has 1 aromatic carbocycles. The van der Waals surface area contributed by atoms with Gasteiger partial charge in [-0.25, -0.2) is 9.78 Å². The molecule has 2 rings (SSSR count). The second-order valence-corrected chi connectivity index (χ2v) is 5.02. The predicted octanol–water partition coefficient (Wildman–Crippen LogP) is 3.03. The van der Waals surface area contributed by atoms with Gasteiger partial charge in [0.15, 0.2) is 0 Å². The van der Waals surface area contributed by atoms with Crippen LogP contribution >= 0.6 is 0 Å². The van der Waals surface area contributed by atoms with Crippen LogP contribution in [0.3, 0.4) is 0 Å². The third kappa shape index (κ3) is 6.52. The minimum Gasteiger partial charge on any atom is -0.475 e. The Morgan fingerprint density at radius 2 is 2.00 bits per heavy atom. The van der Waals surface area contributed by atoms with E-state index in [1.165, 1.54) is 12.3 Å². The molecule has 0 saturated heterocycles. The molecular weight excluding hydrogens is 348 g/mol. The maximum absolute atomic E-state index is 12.4. The Morgan fingerprint density at radius 1 is 1.19 bits per heavy atom. The lowest BCUT2D eigenvalue weighted by Crippen LogP contribution is -2.28. The van der Waals surface area contributed by atoms with E-state index in [1.54, 1.807) is 37.4 Å². The van der Waals surface area contributed by atoms with Crippen molar-refractivity contribution in [3.63, 3.8) is 0 Å². The number of amides is 2. The van der Waals surface area contributed by atoms with Crippen molar-refractivity contribution in [3.05, 3.63) is 48.2 Å². The van der Waals surface area contributed by atoms with Crippen molar-refractivity contribution in [2.45, 2.75) is 13.2 Å². The number of halogens is 2. The summed E-state index contributed by atoms with van der Waals surface area (Å²) in [7, 11) is 1.57. The van der Waals surface area contributed by atoms with E-state index in [2.05, 4.69) is 20.4 Å². The van der Waals surface area contributed by atoms with Gasteiger partial charge in [0.2, 0.25) is 5.88 Å². The van der Waals surface area contributed by atoms with Crippen molar-refractivity contribution >= 4 is 11.7 Å². The second-order valence-electron chi connectivity index (χ2n) is 5.02. The van der Waals surface area contributed by atoms with Crippen LogP contribution in [0.4, 0.5) is 19.3 Å². The van der Waals surface area contributed by atoms with Gasteiger partial charge in [0.05, 0.1) is 18.5 Å². The van der Waals surface area contributed by atoms with E-state index in [0.29, 0.717) is 30.3 Å². The summed E-state index contributed by atoms with van der Waals surface area (Å²) in [6, 6.07) is 8.97. The van der Waals surface area contributed by atoms with Crippen LogP contribution in [0.15, 0.2) is 42.6 Å². The van der Waals surface area contributed by atoms with Gasteiger partial charge in [-0.05, 0) is 12.1 Å².